The number of carbonyl (C=O) groups excluding carboxylic acids is 2. The Balaban J connectivity index is 2.17. The standard InChI is InChI=1S/C16H14F3N3O4S/c1-22(27(25,26)10-4-2-9(17)3-5-10)8-15(23)21-14-6-11(16(20)24)12(18)7-13(14)19/h2-7H,8H2,1H3,(H2,20,24)(H,21,23). The van der Waals surface area contributed by atoms with Crippen LogP contribution in [0.4, 0.5) is 18.9 Å². The predicted octanol–water partition coefficient (Wildman–Crippen LogP) is 1.46. The summed E-state index contributed by atoms with van der Waals surface area (Å²) in [5.74, 6) is -5.13. The molecule has 2 aromatic carbocycles. The van der Waals surface area contributed by atoms with Crippen LogP contribution in [0.15, 0.2) is 41.3 Å². The molecule has 0 fully saturated rings. The number of hydrogen-bond donors (Lipinski definition) is 2. The molecule has 0 saturated heterocycles. The van der Waals surface area contributed by atoms with Gasteiger partial charge >= 0.3 is 0 Å². The lowest BCUT2D eigenvalue weighted by atomic mass is 10.1. The van der Waals surface area contributed by atoms with Crippen LogP contribution in [-0.2, 0) is 14.8 Å². The molecule has 0 bridgehead atoms. The summed E-state index contributed by atoms with van der Waals surface area (Å²) >= 11 is 0. The van der Waals surface area contributed by atoms with E-state index in [0.717, 1.165) is 31.3 Å². The maximum Gasteiger partial charge on any atom is 0.251 e. The number of nitrogens with two attached hydrogens (primary N) is 1. The number of rotatable bonds is 6. The average molecular weight is 401 g/mol. The summed E-state index contributed by atoms with van der Waals surface area (Å²) in [6, 6.07) is 5.02. The smallest absolute Gasteiger partial charge is 0.251 e. The van der Waals surface area contributed by atoms with E-state index in [0.29, 0.717) is 16.4 Å². The molecule has 11 heteroatoms. The second-order valence-corrected chi connectivity index (χ2v) is 7.48. The van der Waals surface area contributed by atoms with Crippen LogP contribution >= 0.6 is 0 Å². The van der Waals surface area contributed by atoms with Crippen LogP contribution in [0.25, 0.3) is 0 Å². The Kier molecular flexibility index (Phi) is 5.86. The maximum atomic E-state index is 13.8. The van der Waals surface area contributed by atoms with Crippen molar-refractivity contribution in [3.8, 4) is 0 Å². The number of likely N-dealkylation sites (N-methyl/N-ethyl adjacent to an activating group) is 1. The highest BCUT2D eigenvalue weighted by Crippen LogP contribution is 2.20. The van der Waals surface area contributed by atoms with E-state index >= 15 is 0 Å². The van der Waals surface area contributed by atoms with Crippen molar-refractivity contribution < 1.29 is 31.2 Å². The lowest BCUT2D eigenvalue weighted by Gasteiger charge is -2.17. The van der Waals surface area contributed by atoms with Gasteiger partial charge in [0.05, 0.1) is 22.7 Å². The fourth-order valence-corrected chi connectivity index (χ4v) is 3.22. The Hall–Kier alpha value is -2.92. The van der Waals surface area contributed by atoms with E-state index in [4.69, 9.17) is 5.73 Å². The minimum Gasteiger partial charge on any atom is -0.366 e. The first-order valence-corrected chi connectivity index (χ1v) is 8.77. The van der Waals surface area contributed by atoms with Crippen LogP contribution in [0.3, 0.4) is 0 Å². The first-order valence-electron chi connectivity index (χ1n) is 7.33. The van der Waals surface area contributed by atoms with Crippen LogP contribution in [-0.4, -0.2) is 38.1 Å². The molecule has 0 unspecified atom stereocenters. The molecular weight excluding hydrogens is 387 g/mol. The third-order valence-electron chi connectivity index (χ3n) is 3.48. The van der Waals surface area contributed by atoms with E-state index in [-0.39, 0.29) is 4.90 Å². The van der Waals surface area contributed by atoms with Crippen molar-refractivity contribution in [2.75, 3.05) is 18.9 Å². The van der Waals surface area contributed by atoms with Gasteiger partial charge in [-0.1, -0.05) is 0 Å². The molecule has 7 nitrogen and oxygen atoms in total. The molecule has 0 spiro atoms. The first-order chi connectivity index (χ1) is 12.5. The van der Waals surface area contributed by atoms with Gasteiger partial charge in [0.2, 0.25) is 15.9 Å². The molecule has 0 atom stereocenters. The van der Waals surface area contributed by atoms with E-state index in [9.17, 15) is 31.2 Å². The Morgan fingerprint density at radius 3 is 2.22 bits per heavy atom. The zero-order valence-corrected chi connectivity index (χ0v) is 14.7. The van der Waals surface area contributed by atoms with Gasteiger partial charge in [-0.3, -0.25) is 9.59 Å². The van der Waals surface area contributed by atoms with Crippen molar-refractivity contribution >= 4 is 27.5 Å². The highest BCUT2D eigenvalue weighted by Gasteiger charge is 2.24. The van der Waals surface area contributed by atoms with Gasteiger partial charge in [-0.2, -0.15) is 4.31 Å². The molecule has 0 aliphatic rings. The second kappa shape index (κ2) is 7.76. The number of nitrogens with zero attached hydrogens (tertiary/aromatic N) is 1. The van der Waals surface area contributed by atoms with Crippen LogP contribution in [0, 0.1) is 17.5 Å². The fraction of sp³-hybridized carbons (Fsp3) is 0.125. The van der Waals surface area contributed by atoms with Crippen molar-refractivity contribution in [2.24, 2.45) is 5.73 Å². The first kappa shape index (κ1) is 20.4. The van der Waals surface area contributed by atoms with E-state index in [1.54, 1.807) is 0 Å². The number of halogens is 3. The highest BCUT2D eigenvalue weighted by molar-refractivity contribution is 7.89. The number of benzene rings is 2. The molecule has 3 N–H and O–H groups in total. The third kappa shape index (κ3) is 4.63. The van der Waals surface area contributed by atoms with Crippen molar-refractivity contribution in [2.45, 2.75) is 4.90 Å². The lowest BCUT2D eigenvalue weighted by Crippen LogP contribution is -2.35. The normalized spacial score (nSPS) is 11.4. The number of amides is 2. The Labute approximate surface area is 152 Å². The maximum absolute atomic E-state index is 13.8. The molecular formula is C16H14F3N3O4S. The molecule has 0 radical (unpaired) electrons. The molecule has 2 amide bonds. The second-order valence-electron chi connectivity index (χ2n) is 5.44. The summed E-state index contributed by atoms with van der Waals surface area (Å²) in [6.07, 6.45) is 0. The zero-order valence-electron chi connectivity index (χ0n) is 13.9. The minimum atomic E-state index is -4.10. The van der Waals surface area contributed by atoms with Gasteiger partial charge in [-0.15, -0.1) is 0 Å². The largest absolute Gasteiger partial charge is 0.366 e. The molecule has 0 aliphatic carbocycles. The summed E-state index contributed by atoms with van der Waals surface area (Å²) in [5, 5.41) is 2.04. The number of anilines is 1. The van der Waals surface area contributed by atoms with Gasteiger partial charge in [0.15, 0.2) is 0 Å². The minimum absolute atomic E-state index is 0.247. The van der Waals surface area contributed by atoms with Crippen molar-refractivity contribution in [1.82, 2.24) is 4.31 Å². The van der Waals surface area contributed by atoms with Gasteiger partial charge in [0, 0.05) is 13.1 Å². The van der Waals surface area contributed by atoms with E-state index in [1.807, 2.05) is 5.32 Å². The molecule has 2 rings (SSSR count). The average Bonchev–Trinajstić information content (AvgIpc) is 2.57. The zero-order chi connectivity index (χ0) is 20.4. The summed E-state index contributed by atoms with van der Waals surface area (Å²) in [7, 11) is -3.01. The van der Waals surface area contributed by atoms with E-state index in [1.165, 1.54) is 0 Å². The monoisotopic (exact) mass is 401 g/mol. The van der Waals surface area contributed by atoms with Crippen LogP contribution < -0.4 is 11.1 Å². The number of hydrogen-bond acceptors (Lipinski definition) is 4. The topological polar surface area (TPSA) is 110 Å². The molecule has 0 aromatic heterocycles. The number of nitrogens with one attached hydrogen (secondary N) is 1. The molecule has 27 heavy (non-hydrogen) atoms. The van der Waals surface area contributed by atoms with Gasteiger partial charge in [0.25, 0.3) is 5.91 Å². The highest BCUT2D eigenvalue weighted by atomic mass is 32.2. The number of sulfonamides is 1. The third-order valence-corrected chi connectivity index (χ3v) is 5.30. The van der Waals surface area contributed by atoms with E-state index < -0.39 is 57.1 Å². The van der Waals surface area contributed by atoms with Crippen molar-refractivity contribution in [1.29, 1.82) is 0 Å². The van der Waals surface area contributed by atoms with Crippen LogP contribution in [0.5, 0.6) is 0 Å². The Morgan fingerprint density at radius 2 is 1.67 bits per heavy atom. The lowest BCUT2D eigenvalue weighted by molar-refractivity contribution is -0.116. The van der Waals surface area contributed by atoms with E-state index in [2.05, 4.69) is 0 Å². The molecule has 2 aromatic rings. The van der Waals surface area contributed by atoms with Crippen LogP contribution in [0.2, 0.25) is 0 Å². The Morgan fingerprint density at radius 1 is 1.07 bits per heavy atom. The fourth-order valence-electron chi connectivity index (χ4n) is 2.10. The van der Waals surface area contributed by atoms with Crippen molar-refractivity contribution in [3.05, 3.63) is 59.4 Å². The van der Waals surface area contributed by atoms with Gasteiger partial charge < -0.3 is 11.1 Å². The summed E-state index contributed by atoms with van der Waals surface area (Å²) < 4.78 is 65.4. The molecule has 0 heterocycles. The SMILES string of the molecule is CN(CC(=O)Nc1cc(C(N)=O)c(F)cc1F)S(=O)(=O)c1ccc(F)cc1. The van der Waals surface area contributed by atoms with Crippen molar-refractivity contribution in [3.63, 3.8) is 0 Å². The van der Waals surface area contributed by atoms with Gasteiger partial charge in [-0.25, -0.2) is 21.6 Å². The summed E-state index contributed by atoms with van der Waals surface area (Å²) in [6.45, 7) is -0.720. The summed E-state index contributed by atoms with van der Waals surface area (Å²) in [4.78, 5) is 22.9. The molecule has 0 aliphatic heterocycles. The molecule has 144 valence electrons. The number of carbonyl (C=O) groups is 2. The summed E-state index contributed by atoms with van der Waals surface area (Å²) in [5.41, 5.74) is 3.77. The van der Waals surface area contributed by atoms with Gasteiger partial charge in [0.1, 0.15) is 17.5 Å². The number of primary amides is 1. The Bertz CT molecular complexity index is 995. The predicted molar refractivity (Wildman–Crippen MR) is 89.7 cm³/mol. The van der Waals surface area contributed by atoms with Crippen LogP contribution in [0.1, 0.15) is 10.4 Å². The quantitative estimate of drug-likeness (QED) is 0.764. The van der Waals surface area contributed by atoms with Gasteiger partial charge in [-0.05, 0) is 30.3 Å². The molecule has 0 saturated carbocycles.